The fraction of sp³-hybridized carbons (Fsp3) is 0.375. The largest absolute Gasteiger partial charge is 0.356 e. The van der Waals surface area contributed by atoms with E-state index in [9.17, 15) is 0 Å². The molecular weight excluding hydrogens is 316 g/mol. The molecule has 0 spiro atoms. The monoisotopic (exact) mass is 336 g/mol. The number of guanidine groups is 1. The number of aromatic nitrogens is 1. The number of aliphatic imine (C=N–C) groups is 1. The van der Waals surface area contributed by atoms with E-state index < -0.39 is 0 Å². The minimum absolute atomic E-state index is 0.795. The first-order valence-electron chi connectivity index (χ1n) is 7.16. The van der Waals surface area contributed by atoms with Crippen molar-refractivity contribution in [2.45, 2.75) is 19.9 Å². The van der Waals surface area contributed by atoms with Crippen molar-refractivity contribution in [2.75, 3.05) is 20.6 Å². The highest BCUT2D eigenvalue weighted by molar-refractivity contribution is 7.16. The van der Waals surface area contributed by atoms with Crippen LogP contribution in [0.5, 0.6) is 0 Å². The molecule has 0 atom stereocenters. The van der Waals surface area contributed by atoms with Gasteiger partial charge >= 0.3 is 0 Å². The van der Waals surface area contributed by atoms with E-state index in [2.05, 4.69) is 32.3 Å². The van der Waals surface area contributed by atoms with Gasteiger partial charge in [0.2, 0.25) is 0 Å². The van der Waals surface area contributed by atoms with E-state index in [-0.39, 0.29) is 0 Å². The van der Waals surface area contributed by atoms with E-state index in [1.807, 2.05) is 32.3 Å². The van der Waals surface area contributed by atoms with Gasteiger partial charge in [0.25, 0.3) is 0 Å². The highest BCUT2D eigenvalue weighted by Gasteiger charge is 2.08. The summed E-state index contributed by atoms with van der Waals surface area (Å²) >= 11 is 7.57. The molecule has 0 aromatic carbocycles. The smallest absolute Gasteiger partial charge is 0.193 e. The molecule has 4 nitrogen and oxygen atoms in total. The molecule has 2 rings (SSSR count). The lowest BCUT2D eigenvalue weighted by Crippen LogP contribution is -2.39. The molecule has 118 valence electrons. The molecule has 2 heterocycles. The summed E-state index contributed by atoms with van der Waals surface area (Å²) in [5.41, 5.74) is 2.27. The van der Waals surface area contributed by atoms with Crippen molar-refractivity contribution in [2.24, 2.45) is 4.99 Å². The number of halogens is 1. The van der Waals surface area contributed by atoms with Gasteiger partial charge in [-0.15, -0.1) is 11.3 Å². The second-order valence-corrected chi connectivity index (χ2v) is 6.89. The Morgan fingerprint density at radius 3 is 2.77 bits per heavy atom. The molecule has 0 aliphatic heterocycles. The molecule has 22 heavy (non-hydrogen) atoms. The topological polar surface area (TPSA) is 40.5 Å². The van der Waals surface area contributed by atoms with Crippen LogP contribution in [-0.4, -0.2) is 36.5 Å². The summed E-state index contributed by atoms with van der Waals surface area (Å²) in [6.45, 7) is 3.62. The van der Waals surface area contributed by atoms with Crippen molar-refractivity contribution in [1.82, 2.24) is 15.2 Å². The number of nitrogens with one attached hydrogen (secondary N) is 1. The maximum absolute atomic E-state index is 5.97. The molecule has 1 N–H and O–H groups in total. The van der Waals surface area contributed by atoms with Gasteiger partial charge in [-0.25, -0.2) is 0 Å². The van der Waals surface area contributed by atoms with Gasteiger partial charge in [-0.05, 0) is 37.1 Å². The van der Waals surface area contributed by atoms with Crippen molar-refractivity contribution in [3.8, 4) is 0 Å². The standard InChI is InChI=1S/C16H21ClN4S/c1-12-4-5-13(10-20-12)8-9-19-16(18-2)21(3)11-14-6-7-15(17)22-14/h4-7,10H,8-9,11H2,1-3H3,(H,18,19). The lowest BCUT2D eigenvalue weighted by atomic mass is 10.2. The molecular formula is C16H21ClN4S. The highest BCUT2D eigenvalue weighted by atomic mass is 35.5. The van der Waals surface area contributed by atoms with Crippen LogP contribution in [0.25, 0.3) is 0 Å². The predicted octanol–water partition coefficient (Wildman–Crippen LogP) is 3.35. The Kier molecular flexibility index (Phi) is 6.21. The van der Waals surface area contributed by atoms with Gasteiger partial charge in [-0.1, -0.05) is 17.7 Å². The summed E-state index contributed by atoms with van der Waals surface area (Å²) in [5.74, 6) is 0.879. The van der Waals surface area contributed by atoms with E-state index in [0.717, 1.165) is 35.5 Å². The van der Waals surface area contributed by atoms with Crippen LogP contribution in [0.3, 0.4) is 0 Å². The van der Waals surface area contributed by atoms with Crippen LogP contribution < -0.4 is 5.32 Å². The molecule has 2 aromatic heterocycles. The van der Waals surface area contributed by atoms with Crippen LogP contribution in [-0.2, 0) is 13.0 Å². The van der Waals surface area contributed by atoms with Gasteiger partial charge in [0.1, 0.15) is 0 Å². The SMILES string of the molecule is CN=C(NCCc1ccc(C)nc1)N(C)Cc1ccc(Cl)s1. The summed E-state index contributed by atoms with van der Waals surface area (Å²) in [6.07, 6.45) is 2.85. The van der Waals surface area contributed by atoms with E-state index in [4.69, 9.17) is 11.6 Å². The number of pyridine rings is 1. The lowest BCUT2D eigenvalue weighted by molar-refractivity contribution is 0.482. The average Bonchev–Trinajstić information content (AvgIpc) is 2.90. The Bertz CT molecular complexity index is 621. The fourth-order valence-electron chi connectivity index (χ4n) is 2.10. The van der Waals surface area contributed by atoms with Gasteiger partial charge in [0.05, 0.1) is 10.9 Å². The minimum atomic E-state index is 0.795. The Hall–Kier alpha value is -1.59. The Balaban J connectivity index is 1.82. The number of hydrogen-bond donors (Lipinski definition) is 1. The zero-order valence-electron chi connectivity index (χ0n) is 13.1. The second kappa shape index (κ2) is 8.15. The number of hydrogen-bond acceptors (Lipinski definition) is 3. The molecule has 0 amide bonds. The first kappa shape index (κ1) is 16.8. The van der Waals surface area contributed by atoms with Crippen LogP contribution in [0.1, 0.15) is 16.1 Å². The van der Waals surface area contributed by atoms with E-state index in [0.29, 0.717) is 0 Å². The molecule has 0 aliphatic carbocycles. The van der Waals surface area contributed by atoms with Crippen LogP contribution in [0, 0.1) is 6.92 Å². The van der Waals surface area contributed by atoms with Crippen LogP contribution in [0.15, 0.2) is 35.5 Å². The van der Waals surface area contributed by atoms with Gasteiger partial charge in [-0.3, -0.25) is 9.98 Å². The zero-order chi connectivity index (χ0) is 15.9. The highest BCUT2D eigenvalue weighted by Crippen LogP contribution is 2.22. The molecule has 0 bridgehead atoms. The molecule has 0 fully saturated rings. The number of thiophene rings is 1. The van der Waals surface area contributed by atoms with Crippen molar-refractivity contribution in [3.63, 3.8) is 0 Å². The third kappa shape index (κ3) is 5.00. The molecule has 0 aliphatic rings. The van der Waals surface area contributed by atoms with Gasteiger partial charge < -0.3 is 10.2 Å². The van der Waals surface area contributed by atoms with Crippen LogP contribution >= 0.6 is 22.9 Å². The molecule has 0 unspecified atom stereocenters. The van der Waals surface area contributed by atoms with Gasteiger partial charge in [0, 0.05) is 37.4 Å². The molecule has 0 saturated heterocycles. The normalized spacial score (nSPS) is 11.5. The van der Waals surface area contributed by atoms with Gasteiger partial charge in [-0.2, -0.15) is 0 Å². The third-order valence-corrected chi connectivity index (χ3v) is 4.48. The molecule has 0 radical (unpaired) electrons. The molecule has 2 aromatic rings. The summed E-state index contributed by atoms with van der Waals surface area (Å²) in [7, 11) is 3.82. The zero-order valence-corrected chi connectivity index (χ0v) is 14.7. The van der Waals surface area contributed by atoms with Crippen molar-refractivity contribution in [3.05, 3.63) is 50.9 Å². The lowest BCUT2D eigenvalue weighted by Gasteiger charge is -2.21. The number of rotatable bonds is 5. The number of aryl methyl sites for hydroxylation is 1. The summed E-state index contributed by atoms with van der Waals surface area (Å²) in [4.78, 5) is 11.9. The third-order valence-electron chi connectivity index (χ3n) is 3.26. The predicted molar refractivity (Wildman–Crippen MR) is 94.8 cm³/mol. The molecule has 6 heteroatoms. The van der Waals surface area contributed by atoms with E-state index in [1.54, 1.807) is 18.4 Å². The first-order valence-corrected chi connectivity index (χ1v) is 8.35. The maximum atomic E-state index is 5.97. The van der Waals surface area contributed by atoms with E-state index in [1.165, 1.54) is 10.4 Å². The van der Waals surface area contributed by atoms with Crippen LogP contribution in [0.2, 0.25) is 4.34 Å². The second-order valence-electron chi connectivity index (χ2n) is 5.09. The minimum Gasteiger partial charge on any atom is -0.356 e. The molecule has 0 saturated carbocycles. The summed E-state index contributed by atoms with van der Waals surface area (Å²) < 4.78 is 0.818. The van der Waals surface area contributed by atoms with Gasteiger partial charge in [0.15, 0.2) is 5.96 Å². The van der Waals surface area contributed by atoms with E-state index >= 15 is 0 Å². The van der Waals surface area contributed by atoms with Crippen molar-refractivity contribution >= 4 is 28.9 Å². The quantitative estimate of drug-likeness (QED) is 0.672. The Morgan fingerprint density at radius 1 is 1.36 bits per heavy atom. The number of nitrogens with zero attached hydrogens (tertiary/aromatic N) is 3. The van der Waals surface area contributed by atoms with Crippen molar-refractivity contribution < 1.29 is 0 Å². The van der Waals surface area contributed by atoms with Crippen LogP contribution in [0.4, 0.5) is 0 Å². The Morgan fingerprint density at radius 2 is 2.18 bits per heavy atom. The first-order chi connectivity index (χ1) is 10.6. The van der Waals surface area contributed by atoms with Crippen molar-refractivity contribution in [1.29, 1.82) is 0 Å². The average molecular weight is 337 g/mol. The Labute approximate surface area is 140 Å². The summed E-state index contributed by atoms with van der Waals surface area (Å²) in [5, 5.41) is 3.38. The fourth-order valence-corrected chi connectivity index (χ4v) is 3.24. The maximum Gasteiger partial charge on any atom is 0.193 e. The summed E-state index contributed by atoms with van der Waals surface area (Å²) in [6, 6.07) is 8.13.